The van der Waals surface area contributed by atoms with Gasteiger partial charge in [0.2, 0.25) is 5.71 Å². The lowest BCUT2D eigenvalue weighted by molar-refractivity contribution is 0.357. The first kappa shape index (κ1) is 16.3. The van der Waals surface area contributed by atoms with Crippen LogP contribution in [0.15, 0.2) is 51.5 Å². The van der Waals surface area contributed by atoms with Gasteiger partial charge in [0.25, 0.3) is 0 Å². The van der Waals surface area contributed by atoms with Gasteiger partial charge in [-0.1, -0.05) is 19.1 Å². The molecule has 6 nitrogen and oxygen atoms in total. The molecule has 0 aliphatic rings. The number of hydrogen-bond acceptors (Lipinski definition) is 5. The molecule has 29 heavy (non-hydrogen) atoms. The van der Waals surface area contributed by atoms with E-state index in [1.807, 2.05) is 38.1 Å². The Morgan fingerprint density at radius 2 is 1.93 bits per heavy atom. The van der Waals surface area contributed by atoms with Crippen molar-refractivity contribution in [3.63, 3.8) is 0 Å². The van der Waals surface area contributed by atoms with Gasteiger partial charge in [0.1, 0.15) is 22.4 Å². The van der Waals surface area contributed by atoms with E-state index in [1.165, 1.54) is 0 Å². The lowest BCUT2D eigenvalue weighted by Gasteiger charge is -2.02. The summed E-state index contributed by atoms with van der Waals surface area (Å²) < 4.78 is 14.0. The van der Waals surface area contributed by atoms with Gasteiger partial charge in [0, 0.05) is 34.0 Å². The first-order valence-corrected chi connectivity index (χ1v) is 9.70. The number of pyridine rings is 2. The zero-order chi connectivity index (χ0) is 19.7. The molecule has 0 aliphatic heterocycles. The average Bonchev–Trinajstić information content (AvgIpc) is 3.37. The molecule has 0 N–H and O–H groups in total. The largest absolute Gasteiger partial charge is 0.437 e. The highest BCUT2D eigenvalue weighted by Gasteiger charge is 2.18. The van der Waals surface area contributed by atoms with E-state index in [2.05, 4.69) is 29.0 Å². The second-order valence-corrected chi connectivity index (χ2v) is 7.37. The summed E-state index contributed by atoms with van der Waals surface area (Å²) >= 11 is 0. The Bertz CT molecular complexity index is 1570. The van der Waals surface area contributed by atoms with Crippen LogP contribution in [0.1, 0.15) is 23.9 Å². The summed E-state index contributed by atoms with van der Waals surface area (Å²) in [7, 11) is 0. The molecule has 6 aromatic rings. The maximum atomic E-state index is 6.14. The van der Waals surface area contributed by atoms with Crippen LogP contribution in [0.5, 0.6) is 0 Å². The van der Waals surface area contributed by atoms with Crippen LogP contribution < -0.4 is 0 Å². The van der Waals surface area contributed by atoms with Crippen LogP contribution in [0.3, 0.4) is 0 Å². The Morgan fingerprint density at radius 1 is 1.03 bits per heavy atom. The van der Waals surface area contributed by atoms with Gasteiger partial charge >= 0.3 is 0 Å². The minimum Gasteiger partial charge on any atom is -0.437 e. The monoisotopic (exact) mass is 382 g/mol. The minimum atomic E-state index is 0.648. The topological polar surface area (TPSA) is 69.4 Å². The molecule has 142 valence electrons. The van der Waals surface area contributed by atoms with E-state index >= 15 is 0 Å². The maximum absolute atomic E-state index is 6.14. The Hall–Kier alpha value is -3.67. The summed E-state index contributed by atoms with van der Waals surface area (Å²) in [6.07, 6.45) is 2.63. The van der Waals surface area contributed by atoms with Gasteiger partial charge in [0.05, 0.1) is 11.9 Å². The van der Waals surface area contributed by atoms with Crippen molar-refractivity contribution in [1.29, 1.82) is 0 Å². The molecule has 5 heterocycles. The number of hydrogen-bond donors (Lipinski definition) is 0. The van der Waals surface area contributed by atoms with Crippen molar-refractivity contribution in [3.8, 4) is 11.3 Å². The van der Waals surface area contributed by atoms with E-state index in [1.54, 1.807) is 10.8 Å². The number of aromatic nitrogens is 4. The Morgan fingerprint density at radius 3 is 2.79 bits per heavy atom. The minimum absolute atomic E-state index is 0.648. The number of imidazole rings is 1. The quantitative estimate of drug-likeness (QED) is 0.389. The molecular weight excluding hydrogens is 364 g/mol. The van der Waals surface area contributed by atoms with Gasteiger partial charge in [-0.3, -0.25) is 4.98 Å². The predicted octanol–water partition coefficient (Wildman–Crippen LogP) is 5.62. The number of aryl methyl sites for hydroxylation is 3. The lowest BCUT2D eigenvalue weighted by Crippen LogP contribution is -1.86. The summed E-state index contributed by atoms with van der Waals surface area (Å²) in [5, 5.41) is 2.04. The van der Waals surface area contributed by atoms with Crippen molar-refractivity contribution in [3.05, 3.63) is 59.6 Å². The maximum Gasteiger partial charge on any atom is 0.227 e. The number of benzene rings is 1. The second kappa shape index (κ2) is 5.67. The average molecular weight is 382 g/mol. The van der Waals surface area contributed by atoms with E-state index in [9.17, 15) is 0 Å². The van der Waals surface area contributed by atoms with Gasteiger partial charge in [-0.2, -0.15) is 4.57 Å². The standard InChI is InChI=1S/C23H18N4O2/c1-4-20-13(3)22-26-18-11-24-17(10-19(18)27(22)29-20)16-7-5-6-14-15-9-8-12(2)25-23(15)28-21(14)16/h5-11H,4H2,1-3H3. The van der Waals surface area contributed by atoms with Crippen molar-refractivity contribution >= 4 is 38.7 Å². The predicted molar refractivity (Wildman–Crippen MR) is 112 cm³/mol. The van der Waals surface area contributed by atoms with Crippen molar-refractivity contribution < 1.29 is 8.94 Å². The number of furan rings is 1. The number of nitrogens with zero attached hydrogens (tertiary/aromatic N) is 4. The molecule has 0 radical (unpaired) electrons. The highest BCUT2D eigenvalue weighted by molar-refractivity contribution is 6.08. The number of fused-ring (bicyclic) bond motifs is 6. The molecule has 0 fully saturated rings. The SMILES string of the molecule is CCc1on2c(nc3cnc(-c4cccc5c4oc4nc(C)ccc45)cc32)c1C. The molecule has 0 atom stereocenters. The van der Waals surface area contributed by atoms with E-state index < -0.39 is 0 Å². The van der Waals surface area contributed by atoms with Crippen LogP contribution in [0.25, 0.3) is 50.0 Å². The second-order valence-electron chi connectivity index (χ2n) is 7.37. The summed E-state index contributed by atoms with van der Waals surface area (Å²) in [5.41, 5.74) is 7.74. The summed E-state index contributed by atoms with van der Waals surface area (Å²) in [5.74, 6) is 0.952. The summed E-state index contributed by atoms with van der Waals surface area (Å²) in [4.78, 5) is 13.9. The zero-order valence-corrected chi connectivity index (χ0v) is 16.4. The Kier molecular flexibility index (Phi) is 3.19. The van der Waals surface area contributed by atoms with E-state index in [4.69, 9.17) is 13.9 Å². The molecule has 6 rings (SSSR count). The van der Waals surface area contributed by atoms with Crippen LogP contribution in [0.4, 0.5) is 0 Å². The molecule has 5 aromatic heterocycles. The fourth-order valence-corrected chi connectivity index (χ4v) is 4.04. The molecule has 0 amide bonds. The van der Waals surface area contributed by atoms with Gasteiger partial charge < -0.3 is 8.94 Å². The van der Waals surface area contributed by atoms with Crippen molar-refractivity contribution in [2.75, 3.05) is 0 Å². The molecule has 0 unspecified atom stereocenters. The first-order chi connectivity index (χ1) is 14.1. The van der Waals surface area contributed by atoms with Crippen molar-refractivity contribution in [2.24, 2.45) is 0 Å². The molecule has 0 aliphatic carbocycles. The zero-order valence-electron chi connectivity index (χ0n) is 16.4. The van der Waals surface area contributed by atoms with Crippen LogP contribution in [0, 0.1) is 13.8 Å². The van der Waals surface area contributed by atoms with Gasteiger partial charge in [-0.05, 0) is 38.1 Å². The third-order valence-corrected chi connectivity index (χ3v) is 5.55. The van der Waals surface area contributed by atoms with Crippen molar-refractivity contribution in [1.82, 2.24) is 19.5 Å². The van der Waals surface area contributed by atoms with Crippen LogP contribution in [-0.4, -0.2) is 19.5 Å². The Balaban J connectivity index is 1.64. The van der Waals surface area contributed by atoms with Crippen molar-refractivity contribution in [2.45, 2.75) is 27.2 Å². The molecule has 0 bridgehead atoms. The van der Waals surface area contributed by atoms with Gasteiger partial charge in [0.15, 0.2) is 5.65 Å². The highest BCUT2D eigenvalue weighted by Crippen LogP contribution is 2.35. The van der Waals surface area contributed by atoms with Gasteiger partial charge in [-0.15, -0.1) is 0 Å². The van der Waals surface area contributed by atoms with E-state index in [0.29, 0.717) is 5.71 Å². The molecule has 0 spiro atoms. The summed E-state index contributed by atoms with van der Waals surface area (Å²) in [6.45, 7) is 6.09. The van der Waals surface area contributed by atoms with Gasteiger partial charge in [-0.25, -0.2) is 9.97 Å². The Labute approximate surface area is 165 Å². The lowest BCUT2D eigenvalue weighted by atomic mass is 10.1. The van der Waals surface area contributed by atoms with Crippen LogP contribution in [0.2, 0.25) is 0 Å². The molecule has 0 saturated carbocycles. The van der Waals surface area contributed by atoms with Crippen LogP contribution in [-0.2, 0) is 6.42 Å². The summed E-state index contributed by atoms with van der Waals surface area (Å²) in [6, 6.07) is 12.2. The van der Waals surface area contributed by atoms with E-state index in [0.717, 1.165) is 67.7 Å². The fourth-order valence-electron chi connectivity index (χ4n) is 4.04. The van der Waals surface area contributed by atoms with E-state index in [-0.39, 0.29) is 0 Å². The third-order valence-electron chi connectivity index (χ3n) is 5.55. The fraction of sp³-hybridized carbons (Fsp3) is 0.174. The normalized spacial score (nSPS) is 12.1. The molecule has 6 heteroatoms. The first-order valence-electron chi connectivity index (χ1n) is 9.70. The molecule has 0 saturated heterocycles. The smallest absolute Gasteiger partial charge is 0.227 e. The molecule has 1 aromatic carbocycles. The number of rotatable bonds is 2. The number of para-hydroxylation sites is 1. The molecular formula is C23H18N4O2. The highest BCUT2D eigenvalue weighted by atomic mass is 16.5. The van der Waals surface area contributed by atoms with Crippen LogP contribution >= 0.6 is 0 Å². The third kappa shape index (κ3) is 2.20.